The van der Waals surface area contributed by atoms with E-state index in [-0.39, 0.29) is 11.8 Å². The van der Waals surface area contributed by atoms with Gasteiger partial charge in [0.2, 0.25) is 11.8 Å². The molecule has 1 saturated heterocycles. The molecular weight excluding hydrogens is 348 g/mol. The fourth-order valence-electron chi connectivity index (χ4n) is 3.09. The summed E-state index contributed by atoms with van der Waals surface area (Å²) in [5.41, 5.74) is 1.49. The molecule has 1 aliphatic heterocycles. The summed E-state index contributed by atoms with van der Waals surface area (Å²) < 4.78 is 10.4. The highest BCUT2D eigenvalue weighted by Crippen LogP contribution is 2.34. The van der Waals surface area contributed by atoms with Crippen molar-refractivity contribution in [3.05, 3.63) is 30.0 Å². The molecule has 144 valence electrons. The summed E-state index contributed by atoms with van der Waals surface area (Å²) in [5.74, 6) is 1.50. The second-order valence-electron chi connectivity index (χ2n) is 6.45. The quantitative estimate of drug-likeness (QED) is 0.776. The van der Waals surface area contributed by atoms with E-state index in [9.17, 15) is 9.59 Å². The topological polar surface area (TPSA) is 96.7 Å². The van der Waals surface area contributed by atoms with Gasteiger partial charge in [0, 0.05) is 30.8 Å². The van der Waals surface area contributed by atoms with E-state index in [0.29, 0.717) is 36.7 Å². The Morgan fingerprint density at radius 2 is 2.22 bits per heavy atom. The van der Waals surface area contributed by atoms with Gasteiger partial charge in [-0.1, -0.05) is 12.1 Å². The maximum Gasteiger partial charge on any atom is 0.248 e. The molecule has 0 aliphatic carbocycles. The number of rotatable bonds is 7. The summed E-state index contributed by atoms with van der Waals surface area (Å²) in [6, 6.07) is 6.70. The minimum absolute atomic E-state index is 0.0997. The van der Waals surface area contributed by atoms with Gasteiger partial charge in [-0.05, 0) is 31.9 Å². The lowest BCUT2D eigenvalue weighted by Gasteiger charge is -2.21. The molecular formula is C19H24N4O4. The molecule has 1 aromatic carbocycles. The normalized spacial score (nSPS) is 14.9. The number of ether oxygens (including phenoxy) is 1. The van der Waals surface area contributed by atoms with E-state index in [2.05, 4.69) is 15.8 Å². The third-order valence-electron chi connectivity index (χ3n) is 4.49. The molecule has 0 unspecified atom stereocenters. The SMILES string of the molecule is CC[C@@H](Nc1ccc(N2CCCC2=O)c(OC)c1)C(=O)Nc1cc(C)on1. The highest BCUT2D eigenvalue weighted by Gasteiger charge is 2.25. The van der Waals surface area contributed by atoms with Gasteiger partial charge in [0.05, 0.1) is 12.8 Å². The van der Waals surface area contributed by atoms with E-state index in [4.69, 9.17) is 9.26 Å². The molecule has 0 bridgehead atoms. The number of aryl methyl sites for hydroxylation is 1. The molecule has 1 aromatic heterocycles. The fourth-order valence-corrected chi connectivity index (χ4v) is 3.09. The van der Waals surface area contributed by atoms with Crippen molar-refractivity contribution in [3.8, 4) is 5.75 Å². The van der Waals surface area contributed by atoms with Crippen LogP contribution in [0.25, 0.3) is 0 Å². The largest absolute Gasteiger partial charge is 0.494 e. The first kappa shape index (κ1) is 18.8. The maximum atomic E-state index is 12.5. The number of hydrogen-bond acceptors (Lipinski definition) is 6. The highest BCUT2D eigenvalue weighted by atomic mass is 16.5. The number of hydrogen-bond donors (Lipinski definition) is 2. The van der Waals surface area contributed by atoms with E-state index in [1.54, 1.807) is 31.1 Å². The Morgan fingerprint density at radius 1 is 1.41 bits per heavy atom. The highest BCUT2D eigenvalue weighted by molar-refractivity contribution is 5.98. The van der Waals surface area contributed by atoms with Crippen molar-refractivity contribution in [3.63, 3.8) is 0 Å². The lowest BCUT2D eigenvalue weighted by molar-refractivity contribution is -0.117. The average molecular weight is 372 g/mol. The Labute approximate surface area is 157 Å². The first-order chi connectivity index (χ1) is 13.0. The van der Waals surface area contributed by atoms with Crippen molar-refractivity contribution in [1.82, 2.24) is 5.16 Å². The smallest absolute Gasteiger partial charge is 0.248 e. The Balaban J connectivity index is 1.73. The molecule has 0 radical (unpaired) electrons. The molecule has 2 heterocycles. The van der Waals surface area contributed by atoms with Crippen LogP contribution in [0.1, 0.15) is 31.9 Å². The van der Waals surface area contributed by atoms with Crippen LogP contribution < -0.4 is 20.3 Å². The number of aromatic nitrogens is 1. The molecule has 1 atom stereocenters. The molecule has 1 fully saturated rings. The first-order valence-electron chi connectivity index (χ1n) is 9.01. The van der Waals surface area contributed by atoms with Gasteiger partial charge < -0.3 is 24.8 Å². The van der Waals surface area contributed by atoms with E-state index in [0.717, 1.165) is 17.8 Å². The maximum absolute atomic E-state index is 12.5. The van der Waals surface area contributed by atoms with Crippen LogP contribution in [0.15, 0.2) is 28.8 Å². The van der Waals surface area contributed by atoms with Crippen LogP contribution in [-0.2, 0) is 9.59 Å². The molecule has 2 aromatic rings. The van der Waals surface area contributed by atoms with Crippen LogP contribution in [0, 0.1) is 6.92 Å². The number of nitrogens with zero attached hydrogens (tertiary/aromatic N) is 2. The van der Waals surface area contributed by atoms with Crippen LogP contribution in [0.3, 0.4) is 0 Å². The standard InChI is InChI=1S/C19H24N4O4/c1-4-14(19(25)21-17-10-12(2)27-22-17)20-13-7-8-15(16(11-13)26-3)23-9-5-6-18(23)24/h7-8,10-11,14,20H,4-6,9H2,1-3H3,(H,21,22,25)/t14-/m1/s1. The van der Waals surface area contributed by atoms with Crippen molar-refractivity contribution >= 4 is 29.0 Å². The van der Waals surface area contributed by atoms with Gasteiger partial charge in [0.25, 0.3) is 0 Å². The van der Waals surface area contributed by atoms with Crippen LogP contribution in [0.5, 0.6) is 5.75 Å². The monoisotopic (exact) mass is 372 g/mol. The van der Waals surface area contributed by atoms with Gasteiger partial charge in [-0.15, -0.1) is 0 Å². The van der Waals surface area contributed by atoms with E-state index in [1.165, 1.54) is 0 Å². The third-order valence-corrected chi connectivity index (χ3v) is 4.49. The number of benzene rings is 1. The van der Waals surface area contributed by atoms with Gasteiger partial charge in [-0.3, -0.25) is 9.59 Å². The minimum atomic E-state index is -0.453. The number of amides is 2. The van der Waals surface area contributed by atoms with Crippen molar-refractivity contribution in [2.24, 2.45) is 0 Å². The fraction of sp³-hybridized carbons (Fsp3) is 0.421. The zero-order valence-electron chi connectivity index (χ0n) is 15.7. The van der Waals surface area contributed by atoms with Gasteiger partial charge in [0.1, 0.15) is 17.6 Å². The summed E-state index contributed by atoms with van der Waals surface area (Å²) in [4.78, 5) is 26.2. The zero-order valence-corrected chi connectivity index (χ0v) is 15.7. The molecule has 0 saturated carbocycles. The van der Waals surface area contributed by atoms with Crippen molar-refractivity contribution in [1.29, 1.82) is 0 Å². The molecule has 2 amide bonds. The number of nitrogens with one attached hydrogen (secondary N) is 2. The second-order valence-corrected chi connectivity index (χ2v) is 6.45. The molecule has 8 nitrogen and oxygen atoms in total. The summed E-state index contributed by atoms with van der Waals surface area (Å²) in [6.07, 6.45) is 1.99. The number of carbonyl (C=O) groups is 2. The molecule has 27 heavy (non-hydrogen) atoms. The second kappa shape index (κ2) is 8.11. The predicted molar refractivity (Wildman–Crippen MR) is 102 cm³/mol. The third kappa shape index (κ3) is 4.21. The van der Waals surface area contributed by atoms with Crippen molar-refractivity contribution < 1.29 is 18.8 Å². The first-order valence-corrected chi connectivity index (χ1v) is 9.01. The number of carbonyl (C=O) groups excluding carboxylic acids is 2. The molecule has 1 aliphatic rings. The predicted octanol–water partition coefficient (Wildman–Crippen LogP) is 2.95. The van der Waals surface area contributed by atoms with Crippen LogP contribution in [0.4, 0.5) is 17.2 Å². The summed E-state index contributed by atoms with van der Waals surface area (Å²) in [6.45, 7) is 4.37. The van der Waals surface area contributed by atoms with Gasteiger partial charge in [-0.25, -0.2) is 0 Å². The van der Waals surface area contributed by atoms with Crippen molar-refractivity contribution in [2.45, 2.75) is 39.2 Å². The van der Waals surface area contributed by atoms with Crippen LogP contribution in [-0.4, -0.2) is 36.7 Å². The van der Waals surface area contributed by atoms with E-state index >= 15 is 0 Å². The van der Waals surface area contributed by atoms with Crippen LogP contribution >= 0.6 is 0 Å². The molecule has 0 spiro atoms. The van der Waals surface area contributed by atoms with Crippen molar-refractivity contribution in [2.75, 3.05) is 29.2 Å². The lowest BCUT2D eigenvalue weighted by Crippen LogP contribution is -2.34. The summed E-state index contributed by atoms with van der Waals surface area (Å²) >= 11 is 0. The van der Waals surface area contributed by atoms with E-state index in [1.807, 2.05) is 19.1 Å². The molecule has 8 heteroatoms. The Bertz CT molecular complexity index is 833. The molecule has 3 rings (SSSR count). The Morgan fingerprint density at radius 3 is 2.81 bits per heavy atom. The Hall–Kier alpha value is -3.03. The summed E-state index contributed by atoms with van der Waals surface area (Å²) in [7, 11) is 1.57. The van der Waals surface area contributed by atoms with Gasteiger partial charge >= 0.3 is 0 Å². The minimum Gasteiger partial charge on any atom is -0.494 e. The summed E-state index contributed by atoms with van der Waals surface area (Å²) in [5, 5.41) is 9.72. The van der Waals surface area contributed by atoms with Gasteiger partial charge in [-0.2, -0.15) is 0 Å². The van der Waals surface area contributed by atoms with Crippen LogP contribution in [0.2, 0.25) is 0 Å². The van der Waals surface area contributed by atoms with Gasteiger partial charge in [0.15, 0.2) is 5.82 Å². The zero-order chi connectivity index (χ0) is 19.4. The molecule has 2 N–H and O–H groups in total. The number of anilines is 3. The van der Waals surface area contributed by atoms with E-state index < -0.39 is 6.04 Å². The lowest BCUT2D eigenvalue weighted by atomic mass is 10.1. The average Bonchev–Trinajstić information content (AvgIpc) is 3.27. The Kier molecular flexibility index (Phi) is 5.63. The number of methoxy groups -OCH3 is 1.